The van der Waals surface area contributed by atoms with Gasteiger partial charge in [0.1, 0.15) is 0 Å². The predicted molar refractivity (Wildman–Crippen MR) is 88.8 cm³/mol. The van der Waals surface area contributed by atoms with Gasteiger partial charge in [-0.3, -0.25) is 4.79 Å². The van der Waals surface area contributed by atoms with E-state index in [4.69, 9.17) is 4.74 Å². The van der Waals surface area contributed by atoms with Crippen LogP contribution in [0.3, 0.4) is 0 Å². The maximum atomic E-state index is 11.8. The number of carbonyl (C=O) groups excluding carboxylic acids is 2. The zero-order valence-corrected chi connectivity index (χ0v) is 12.9. The number of hydrogen-bond acceptors (Lipinski definition) is 3. The van der Waals surface area contributed by atoms with E-state index in [9.17, 15) is 9.59 Å². The molecule has 3 rings (SSSR count). The minimum absolute atomic E-state index is 0.319. The number of hydrogen-bond donors (Lipinski definition) is 0. The third kappa shape index (κ3) is 3.01. The van der Waals surface area contributed by atoms with Crippen LogP contribution in [0.5, 0.6) is 0 Å². The van der Waals surface area contributed by atoms with Gasteiger partial charge in [-0.25, -0.2) is 4.79 Å². The molecule has 0 saturated carbocycles. The lowest BCUT2D eigenvalue weighted by Crippen LogP contribution is -2.06. The lowest BCUT2D eigenvalue weighted by atomic mass is 10.1. The number of benzene rings is 2. The van der Waals surface area contributed by atoms with Crippen molar-refractivity contribution in [2.45, 2.75) is 13.5 Å². The number of nitrogens with zero attached hydrogens (tertiary/aromatic N) is 1. The number of aromatic nitrogens is 1. The van der Waals surface area contributed by atoms with E-state index < -0.39 is 0 Å². The number of para-hydroxylation sites is 1. The van der Waals surface area contributed by atoms with Crippen molar-refractivity contribution in [3.05, 3.63) is 71.4 Å². The molecule has 0 N–H and O–H groups in total. The van der Waals surface area contributed by atoms with Gasteiger partial charge in [-0.05, 0) is 30.7 Å². The Morgan fingerprint density at radius 3 is 2.78 bits per heavy atom. The van der Waals surface area contributed by atoms with Gasteiger partial charge in [-0.15, -0.1) is 0 Å². The first-order chi connectivity index (χ1) is 11.2. The molecule has 0 fully saturated rings. The zero-order chi connectivity index (χ0) is 16.2. The summed E-state index contributed by atoms with van der Waals surface area (Å²) >= 11 is 0. The molecule has 116 valence electrons. The Morgan fingerprint density at radius 2 is 2.00 bits per heavy atom. The van der Waals surface area contributed by atoms with Gasteiger partial charge in [-0.1, -0.05) is 30.3 Å². The van der Waals surface area contributed by atoms with Crippen molar-refractivity contribution in [3.8, 4) is 0 Å². The normalized spacial score (nSPS) is 10.7. The summed E-state index contributed by atoms with van der Waals surface area (Å²) in [5.74, 6) is -0.319. The first kappa shape index (κ1) is 15.0. The lowest BCUT2D eigenvalue weighted by molar-refractivity contribution is 0.0526. The average Bonchev–Trinajstić information content (AvgIpc) is 2.93. The molecule has 4 heteroatoms. The second-order valence-corrected chi connectivity index (χ2v) is 5.27. The number of fused-ring (bicyclic) bond motifs is 1. The summed E-state index contributed by atoms with van der Waals surface area (Å²) in [7, 11) is 0. The topological polar surface area (TPSA) is 48.3 Å². The van der Waals surface area contributed by atoms with Gasteiger partial charge in [-0.2, -0.15) is 0 Å². The smallest absolute Gasteiger partial charge is 0.338 e. The van der Waals surface area contributed by atoms with Crippen molar-refractivity contribution in [1.82, 2.24) is 4.57 Å². The molecule has 0 amide bonds. The molecule has 0 bridgehead atoms. The summed E-state index contributed by atoms with van der Waals surface area (Å²) in [6.07, 6.45) is 2.71. The average molecular weight is 307 g/mol. The van der Waals surface area contributed by atoms with Crippen molar-refractivity contribution in [3.63, 3.8) is 0 Å². The molecule has 3 aromatic rings. The van der Waals surface area contributed by atoms with Crippen LogP contribution < -0.4 is 0 Å². The Labute approximate surface area is 134 Å². The quantitative estimate of drug-likeness (QED) is 0.533. The maximum absolute atomic E-state index is 11.8. The van der Waals surface area contributed by atoms with E-state index in [1.165, 1.54) is 0 Å². The molecule has 0 aliphatic heterocycles. The van der Waals surface area contributed by atoms with Gasteiger partial charge >= 0.3 is 5.97 Å². The molecule has 1 heterocycles. The van der Waals surface area contributed by atoms with Gasteiger partial charge in [0, 0.05) is 29.2 Å². The van der Waals surface area contributed by atoms with Gasteiger partial charge in [0.05, 0.1) is 12.2 Å². The van der Waals surface area contributed by atoms with Crippen LogP contribution in [0, 0.1) is 0 Å². The number of esters is 1. The fourth-order valence-electron chi connectivity index (χ4n) is 2.71. The van der Waals surface area contributed by atoms with Crippen LogP contribution in [0.25, 0.3) is 10.9 Å². The van der Waals surface area contributed by atoms with Gasteiger partial charge < -0.3 is 9.30 Å². The van der Waals surface area contributed by atoms with Crippen molar-refractivity contribution in [2.24, 2.45) is 0 Å². The number of rotatable bonds is 5. The molecule has 0 spiro atoms. The summed E-state index contributed by atoms with van der Waals surface area (Å²) in [6.45, 7) is 2.73. The second-order valence-electron chi connectivity index (χ2n) is 5.27. The standard InChI is InChI=1S/C19H17NO3/c1-2-23-19(22)15-7-5-6-14(10-15)11-20-12-16(13-21)17-8-3-4-9-18(17)20/h3-10,12-13H,2,11H2,1H3. The minimum Gasteiger partial charge on any atom is -0.462 e. The van der Waals surface area contributed by atoms with Crippen molar-refractivity contribution in [2.75, 3.05) is 6.61 Å². The molecule has 0 radical (unpaired) electrons. The largest absolute Gasteiger partial charge is 0.462 e. The van der Waals surface area contributed by atoms with Crippen molar-refractivity contribution < 1.29 is 14.3 Å². The summed E-state index contributed by atoms with van der Waals surface area (Å²) in [6, 6.07) is 15.1. The van der Waals surface area contributed by atoms with E-state index in [-0.39, 0.29) is 5.97 Å². The SMILES string of the molecule is CCOC(=O)c1cccc(Cn2cc(C=O)c3ccccc32)c1. The molecule has 4 nitrogen and oxygen atoms in total. The molecule has 0 unspecified atom stereocenters. The summed E-state index contributed by atoms with van der Waals surface area (Å²) in [5, 5.41) is 0.934. The molecule has 2 aromatic carbocycles. The number of ether oxygens (including phenoxy) is 1. The van der Waals surface area contributed by atoms with Gasteiger partial charge in [0.15, 0.2) is 6.29 Å². The van der Waals surface area contributed by atoms with E-state index in [1.54, 1.807) is 13.0 Å². The van der Waals surface area contributed by atoms with Crippen LogP contribution >= 0.6 is 0 Å². The monoisotopic (exact) mass is 307 g/mol. The fraction of sp³-hybridized carbons (Fsp3) is 0.158. The van der Waals surface area contributed by atoms with Crippen LogP contribution in [0.2, 0.25) is 0 Å². The zero-order valence-electron chi connectivity index (χ0n) is 12.9. The third-order valence-corrected chi connectivity index (χ3v) is 3.74. The highest BCUT2D eigenvalue weighted by molar-refractivity contribution is 5.97. The highest BCUT2D eigenvalue weighted by atomic mass is 16.5. The molecule has 23 heavy (non-hydrogen) atoms. The molecule has 0 aliphatic carbocycles. The fourth-order valence-corrected chi connectivity index (χ4v) is 2.71. The molecule has 0 saturated heterocycles. The molecular weight excluding hydrogens is 290 g/mol. The third-order valence-electron chi connectivity index (χ3n) is 3.74. The Hall–Kier alpha value is -2.88. The van der Waals surface area contributed by atoms with Gasteiger partial charge in [0.2, 0.25) is 0 Å². The molecule has 1 aromatic heterocycles. The Bertz CT molecular complexity index is 864. The summed E-state index contributed by atoms with van der Waals surface area (Å²) < 4.78 is 7.05. The highest BCUT2D eigenvalue weighted by Gasteiger charge is 2.10. The maximum Gasteiger partial charge on any atom is 0.338 e. The summed E-state index contributed by atoms with van der Waals surface area (Å²) in [4.78, 5) is 23.1. The molecular formula is C19H17NO3. The van der Waals surface area contributed by atoms with Crippen LogP contribution in [-0.4, -0.2) is 23.4 Å². The van der Waals surface area contributed by atoms with Gasteiger partial charge in [0.25, 0.3) is 0 Å². The first-order valence-electron chi connectivity index (χ1n) is 7.52. The Morgan fingerprint density at radius 1 is 1.17 bits per heavy atom. The second kappa shape index (κ2) is 6.48. The number of aldehydes is 1. The van der Waals surface area contributed by atoms with Crippen molar-refractivity contribution >= 4 is 23.2 Å². The van der Waals surface area contributed by atoms with Crippen LogP contribution in [0.15, 0.2) is 54.7 Å². The number of carbonyl (C=O) groups is 2. The van der Waals surface area contributed by atoms with E-state index in [1.807, 2.05) is 53.2 Å². The minimum atomic E-state index is -0.319. The van der Waals surface area contributed by atoms with E-state index in [0.717, 1.165) is 22.8 Å². The van der Waals surface area contributed by atoms with E-state index in [0.29, 0.717) is 24.3 Å². The summed E-state index contributed by atoms with van der Waals surface area (Å²) in [5.41, 5.74) is 3.18. The predicted octanol–water partition coefficient (Wildman–Crippen LogP) is 3.68. The molecule has 0 atom stereocenters. The van der Waals surface area contributed by atoms with Crippen molar-refractivity contribution in [1.29, 1.82) is 0 Å². The van der Waals surface area contributed by atoms with Crippen LogP contribution in [0.4, 0.5) is 0 Å². The lowest BCUT2D eigenvalue weighted by Gasteiger charge is -2.07. The first-order valence-corrected chi connectivity index (χ1v) is 7.52. The Balaban J connectivity index is 1.95. The highest BCUT2D eigenvalue weighted by Crippen LogP contribution is 2.21. The van der Waals surface area contributed by atoms with E-state index >= 15 is 0 Å². The van der Waals surface area contributed by atoms with E-state index in [2.05, 4.69) is 0 Å². The Kier molecular flexibility index (Phi) is 4.24. The van der Waals surface area contributed by atoms with Crippen LogP contribution in [-0.2, 0) is 11.3 Å². The van der Waals surface area contributed by atoms with Crippen LogP contribution in [0.1, 0.15) is 33.2 Å². The molecule has 0 aliphatic rings.